The van der Waals surface area contributed by atoms with Crippen LogP contribution in [0.1, 0.15) is 29.8 Å². The van der Waals surface area contributed by atoms with Crippen molar-refractivity contribution in [3.05, 3.63) is 53.0 Å². The van der Waals surface area contributed by atoms with Gasteiger partial charge in [-0.25, -0.2) is 14.4 Å². The number of hydrogen-bond donors (Lipinski definition) is 1. The lowest BCUT2D eigenvalue weighted by Gasteiger charge is -2.22. The molecular formula is C17H23FN4O. The molecule has 0 bridgehead atoms. The van der Waals surface area contributed by atoms with Crippen molar-refractivity contribution < 1.29 is 8.81 Å². The maximum Gasteiger partial charge on any atom is 0.216 e. The lowest BCUT2D eigenvalue weighted by molar-refractivity contribution is 0.458. The summed E-state index contributed by atoms with van der Waals surface area (Å²) in [6.07, 6.45) is 0. The first-order valence-electron chi connectivity index (χ1n) is 7.66. The molecule has 1 heterocycles. The summed E-state index contributed by atoms with van der Waals surface area (Å²) in [6.45, 7) is 7.59. The molecule has 1 aromatic heterocycles. The van der Waals surface area contributed by atoms with Gasteiger partial charge in [-0.05, 0) is 38.5 Å². The fraction of sp³-hybridized carbons (Fsp3) is 0.412. The van der Waals surface area contributed by atoms with Crippen LogP contribution in [0.25, 0.3) is 0 Å². The van der Waals surface area contributed by atoms with Gasteiger partial charge in [0.1, 0.15) is 18.1 Å². The Morgan fingerprint density at radius 1 is 1.30 bits per heavy atom. The fourth-order valence-electron chi connectivity index (χ4n) is 2.16. The second-order valence-corrected chi connectivity index (χ2v) is 5.40. The van der Waals surface area contributed by atoms with Crippen LogP contribution >= 0.6 is 0 Å². The Labute approximate surface area is 136 Å². The molecule has 0 saturated heterocycles. The van der Waals surface area contributed by atoms with E-state index in [4.69, 9.17) is 4.42 Å². The lowest BCUT2D eigenvalue weighted by Crippen LogP contribution is -2.38. The van der Waals surface area contributed by atoms with E-state index < -0.39 is 0 Å². The van der Waals surface area contributed by atoms with Gasteiger partial charge in [0.2, 0.25) is 5.89 Å². The standard InChI is InChI=1S/C17H23FN4O/c1-5-19-17(20-10-16-21-12(2)13(3)23-16)22(4)11-14-6-8-15(18)9-7-14/h6-9H,5,10-11H2,1-4H3,(H,19,20). The number of aryl methyl sites for hydroxylation is 2. The van der Waals surface area contributed by atoms with E-state index in [-0.39, 0.29) is 5.82 Å². The lowest BCUT2D eigenvalue weighted by atomic mass is 10.2. The summed E-state index contributed by atoms with van der Waals surface area (Å²) in [5.41, 5.74) is 1.90. The first-order valence-corrected chi connectivity index (χ1v) is 7.66. The van der Waals surface area contributed by atoms with E-state index >= 15 is 0 Å². The minimum absolute atomic E-state index is 0.230. The second-order valence-electron chi connectivity index (χ2n) is 5.40. The highest BCUT2D eigenvalue weighted by Gasteiger charge is 2.09. The molecule has 1 N–H and O–H groups in total. The number of hydrogen-bond acceptors (Lipinski definition) is 3. The molecule has 2 rings (SSSR count). The molecule has 0 radical (unpaired) electrons. The molecule has 2 aromatic rings. The summed E-state index contributed by atoms with van der Waals surface area (Å²) in [4.78, 5) is 10.9. The molecule has 1 aromatic carbocycles. The van der Waals surface area contributed by atoms with Crippen LogP contribution in [0.15, 0.2) is 33.7 Å². The number of benzene rings is 1. The molecule has 0 unspecified atom stereocenters. The van der Waals surface area contributed by atoms with E-state index in [1.807, 2.05) is 32.7 Å². The van der Waals surface area contributed by atoms with Crippen LogP contribution in [-0.4, -0.2) is 29.4 Å². The number of aliphatic imine (C=N–C) groups is 1. The molecular weight excluding hydrogens is 295 g/mol. The SMILES string of the molecule is CCNC(=NCc1nc(C)c(C)o1)N(C)Cc1ccc(F)cc1. The van der Waals surface area contributed by atoms with Crippen LogP contribution < -0.4 is 5.32 Å². The minimum Gasteiger partial charge on any atom is -0.444 e. The van der Waals surface area contributed by atoms with E-state index in [0.717, 1.165) is 29.5 Å². The molecule has 0 atom stereocenters. The first-order chi connectivity index (χ1) is 11.0. The average molecular weight is 318 g/mol. The third kappa shape index (κ3) is 4.81. The van der Waals surface area contributed by atoms with Gasteiger partial charge in [-0.2, -0.15) is 0 Å². The zero-order chi connectivity index (χ0) is 16.8. The van der Waals surface area contributed by atoms with E-state index in [1.54, 1.807) is 12.1 Å². The van der Waals surface area contributed by atoms with E-state index in [2.05, 4.69) is 15.3 Å². The average Bonchev–Trinajstić information content (AvgIpc) is 2.84. The maximum absolute atomic E-state index is 13.0. The van der Waals surface area contributed by atoms with Crippen LogP contribution in [0.4, 0.5) is 4.39 Å². The number of nitrogens with zero attached hydrogens (tertiary/aromatic N) is 3. The highest BCUT2D eigenvalue weighted by Crippen LogP contribution is 2.10. The summed E-state index contributed by atoms with van der Waals surface area (Å²) in [6, 6.07) is 6.48. The number of nitrogens with one attached hydrogen (secondary N) is 1. The van der Waals surface area contributed by atoms with Crippen molar-refractivity contribution in [1.82, 2.24) is 15.2 Å². The molecule has 0 aliphatic carbocycles. The molecule has 0 fully saturated rings. The van der Waals surface area contributed by atoms with Crippen molar-refractivity contribution in [1.29, 1.82) is 0 Å². The Kier molecular flexibility index (Phi) is 5.73. The molecule has 23 heavy (non-hydrogen) atoms. The second kappa shape index (κ2) is 7.76. The van der Waals surface area contributed by atoms with Gasteiger partial charge < -0.3 is 14.6 Å². The van der Waals surface area contributed by atoms with Crippen LogP contribution in [0, 0.1) is 19.7 Å². The summed E-state index contributed by atoms with van der Waals surface area (Å²) in [5.74, 6) is 1.95. The minimum atomic E-state index is -0.230. The van der Waals surface area contributed by atoms with Crippen LogP contribution in [0.5, 0.6) is 0 Å². The predicted octanol–water partition coefficient (Wildman–Crippen LogP) is 3.03. The number of rotatable bonds is 5. The molecule has 5 nitrogen and oxygen atoms in total. The largest absolute Gasteiger partial charge is 0.444 e. The third-order valence-electron chi connectivity index (χ3n) is 3.47. The zero-order valence-corrected chi connectivity index (χ0v) is 14.1. The van der Waals surface area contributed by atoms with Gasteiger partial charge in [-0.1, -0.05) is 12.1 Å². The molecule has 0 aliphatic rings. The van der Waals surface area contributed by atoms with E-state index in [9.17, 15) is 4.39 Å². The van der Waals surface area contributed by atoms with E-state index in [0.29, 0.717) is 19.0 Å². The highest BCUT2D eigenvalue weighted by molar-refractivity contribution is 5.79. The smallest absolute Gasteiger partial charge is 0.216 e. The Morgan fingerprint density at radius 2 is 2.00 bits per heavy atom. The van der Waals surface area contributed by atoms with Gasteiger partial charge in [0, 0.05) is 20.1 Å². The zero-order valence-electron chi connectivity index (χ0n) is 14.1. The number of guanidine groups is 1. The summed E-state index contributed by atoms with van der Waals surface area (Å²) in [5, 5.41) is 3.24. The van der Waals surface area contributed by atoms with Crippen molar-refractivity contribution in [3.8, 4) is 0 Å². The monoisotopic (exact) mass is 318 g/mol. The Bertz CT molecular complexity index is 644. The number of aromatic nitrogens is 1. The predicted molar refractivity (Wildman–Crippen MR) is 88.7 cm³/mol. The number of halogens is 1. The normalized spacial score (nSPS) is 11.6. The summed E-state index contributed by atoms with van der Waals surface area (Å²) in [7, 11) is 1.94. The molecule has 0 amide bonds. The molecule has 0 aliphatic heterocycles. The number of oxazole rings is 1. The highest BCUT2D eigenvalue weighted by atomic mass is 19.1. The van der Waals surface area contributed by atoms with Crippen LogP contribution in [0.3, 0.4) is 0 Å². The van der Waals surface area contributed by atoms with Crippen molar-refractivity contribution >= 4 is 5.96 Å². The Balaban J connectivity index is 2.06. The van der Waals surface area contributed by atoms with Gasteiger partial charge >= 0.3 is 0 Å². The van der Waals surface area contributed by atoms with Gasteiger partial charge in [-0.3, -0.25) is 0 Å². The van der Waals surface area contributed by atoms with Crippen molar-refractivity contribution in [2.75, 3.05) is 13.6 Å². The van der Waals surface area contributed by atoms with Crippen molar-refractivity contribution in [3.63, 3.8) is 0 Å². The van der Waals surface area contributed by atoms with Gasteiger partial charge in [0.15, 0.2) is 5.96 Å². The molecule has 124 valence electrons. The third-order valence-corrected chi connectivity index (χ3v) is 3.47. The summed E-state index contributed by atoms with van der Waals surface area (Å²) >= 11 is 0. The van der Waals surface area contributed by atoms with Crippen LogP contribution in [-0.2, 0) is 13.1 Å². The summed E-state index contributed by atoms with van der Waals surface area (Å²) < 4.78 is 18.5. The molecule has 0 saturated carbocycles. The maximum atomic E-state index is 13.0. The topological polar surface area (TPSA) is 53.7 Å². The molecule has 0 spiro atoms. The quantitative estimate of drug-likeness (QED) is 0.680. The Hall–Kier alpha value is -2.37. The van der Waals surface area contributed by atoms with Crippen molar-refractivity contribution in [2.45, 2.75) is 33.9 Å². The van der Waals surface area contributed by atoms with Gasteiger partial charge in [0.25, 0.3) is 0 Å². The van der Waals surface area contributed by atoms with Gasteiger partial charge in [0.05, 0.1) is 5.69 Å². The van der Waals surface area contributed by atoms with Gasteiger partial charge in [-0.15, -0.1) is 0 Å². The fourth-order valence-corrected chi connectivity index (χ4v) is 2.16. The Morgan fingerprint density at radius 3 is 2.57 bits per heavy atom. The van der Waals surface area contributed by atoms with Crippen molar-refractivity contribution in [2.24, 2.45) is 4.99 Å². The van der Waals surface area contributed by atoms with E-state index in [1.165, 1.54) is 12.1 Å². The first kappa shape index (κ1) is 17.0. The van der Waals surface area contributed by atoms with Crippen LogP contribution in [0.2, 0.25) is 0 Å². The molecule has 6 heteroatoms.